The van der Waals surface area contributed by atoms with Gasteiger partial charge in [-0.25, -0.2) is 9.67 Å². The predicted molar refractivity (Wildman–Crippen MR) is 104 cm³/mol. The molecule has 3 aromatic heterocycles. The van der Waals surface area contributed by atoms with Crippen LogP contribution >= 0.6 is 11.6 Å². The minimum atomic E-state index is -2.79. The summed E-state index contributed by atoms with van der Waals surface area (Å²) in [5.41, 5.74) is 4.70. The molecule has 0 saturated carbocycles. The van der Waals surface area contributed by atoms with Crippen LogP contribution in [0.1, 0.15) is 17.9 Å². The van der Waals surface area contributed by atoms with Gasteiger partial charge in [-0.3, -0.25) is 0 Å². The van der Waals surface area contributed by atoms with Gasteiger partial charge < -0.3 is 9.40 Å². The molecule has 0 bridgehead atoms. The van der Waals surface area contributed by atoms with Crippen molar-refractivity contribution >= 4 is 22.6 Å². The number of nitrogens with one attached hydrogen (secondary N) is 1. The van der Waals surface area contributed by atoms with Crippen molar-refractivity contribution in [3.05, 3.63) is 65.4 Å². The molecule has 5 aromatic rings. The molecule has 150 valence electrons. The monoisotopic (exact) mass is 427 g/mol. The van der Waals surface area contributed by atoms with Crippen LogP contribution in [-0.2, 0) is 6.54 Å². The zero-order valence-electron chi connectivity index (χ0n) is 15.1. The van der Waals surface area contributed by atoms with E-state index < -0.39 is 12.3 Å². The van der Waals surface area contributed by atoms with Gasteiger partial charge in [-0.15, -0.1) is 15.3 Å². The molecule has 11 heteroatoms. The highest BCUT2D eigenvalue weighted by atomic mass is 35.5. The van der Waals surface area contributed by atoms with Crippen molar-refractivity contribution in [1.82, 2.24) is 35.2 Å². The van der Waals surface area contributed by atoms with Crippen LogP contribution in [0.2, 0.25) is 5.28 Å². The second kappa shape index (κ2) is 7.30. The van der Waals surface area contributed by atoms with E-state index >= 15 is 0 Å². The number of fused-ring (bicyclic) bond motifs is 1. The van der Waals surface area contributed by atoms with Crippen molar-refractivity contribution in [3.8, 4) is 22.7 Å². The van der Waals surface area contributed by atoms with E-state index in [1.165, 1.54) is 0 Å². The molecule has 0 radical (unpaired) electrons. The lowest BCUT2D eigenvalue weighted by molar-refractivity contribution is 0.116. The molecule has 3 heterocycles. The van der Waals surface area contributed by atoms with Gasteiger partial charge in [0.15, 0.2) is 0 Å². The Bertz CT molecular complexity index is 1330. The minimum absolute atomic E-state index is 0.0502. The molecule has 0 saturated heterocycles. The maximum Gasteiger partial charge on any atom is 0.314 e. The number of alkyl halides is 2. The molecule has 0 aliphatic heterocycles. The topological polar surface area (TPSA) is 98.3 Å². The maximum atomic E-state index is 12.6. The van der Waals surface area contributed by atoms with Crippen LogP contribution in [-0.4, -0.2) is 35.2 Å². The summed E-state index contributed by atoms with van der Waals surface area (Å²) in [6.07, 6.45) is -0.960. The molecule has 8 nitrogen and oxygen atoms in total. The van der Waals surface area contributed by atoms with Gasteiger partial charge in [0.2, 0.25) is 11.2 Å². The Morgan fingerprint density at radius 2 is 1.83 bits per heavy atom. The zero-order chi connectivity index (χ0) is 20.7. The van der Waals surface area contributed by atoms with E-state index in [0.717, 1.165) is 22.2 Å². The Morgan fingerprint density at radius 3 is 2.60 bits per heavy atom. The smallest absolute Gasteiger partial charge is 0.314 e. The molecule has 1 N–H and O–H groups in total. The average Bonchev–Trinajstić information content (AvgIpc) is 3.47. The maximum absolute atomic E-state index is 12.6. The molecule has 2 aromatic carbocycles. The van der Waals surface area contributed by atoms with Crippen LogP contribution in [0.25, 0.3) is 33.7 Å². The lowest BCUT2D eigenvalue weighted by atomic mass is 10.1. The Morgan fingerprint density at radius 1 is 1.03 bits per heavy atom. The predicted octanol–water partition coefficient (Wildman–Crippen LogP) is 4.51. The van der Waals surface area contributed by atoms with E-state index in [0.29, 0.717) is 23.1 Å². The van der Waals surface area contributed by atoms with Crippen LogP contribution in [0.4, 0.5) is 8.78 Å². The summed E-state index contributed by atoms with van der Waals surface area (Å²) in [6, 6.07) is 12.8. The van der Waals surface area contributed by atoms with Crippen molar-refractivity contribution in [2.24, 2.45) is 0 Å². The fourth-order valence-corrected chi connectivity index (χ4v) is 3.22. The second-order valence-electron chi connectivity index (χ2n) is 6.50. The first-order valence-corrected chi connectivity index (χ1v) is 9.19. The first-order chi connectivity index (χ1) is 14.5. The lowest BCUT2D eigenvalue weighted by Crippen LogP contribution is -2.00. The highest BCUT2D eigenvalue weighted by molar-refractivity contribution is 6.29. The summed E-state index contributed by atoms with van der Waals surface area (Å²) < 4.78 is 31.8. The summed E-state index contributed by atoms with van der Waals surface area (Å²) in [5.74, 6) is -0.644. The summed E-state index contributed by atoms with van der Waals surface area (Å²) in [4.78, 5) is 7.15. The van der Waals surface area contributed by atoms with E-state index in [2.05, 4.69) is 30.5 Å². The number of hydrogen-bond acceptors (Lipinski definition) is 6. The van der Waals surface area contributed by atoms with Crippen molar-refractivity contribution in [2.75, 3.05) is 0 Å². The molecule has 0 aliphatic rings. The van der Waals surface area contributed by atoms with Gasteiger partial charge >= 0.3 is 6.43 Å². The normalized spacial score (nSPS) is 11.6. The average molecular weight is 428 g/mol. The third kappa shape index (κ3) is 3.52. The van der Waals surface area contributed by atoms with Crippen LogP contribution in [0.15, 0.2) is 53.1 Å². The second-order valence-corrected chi connectivity index (χ2v) is 6.86. The summed E-state index contributed by atoms with van der Waals surface area (Å²) in [5, 5.41) is 15.7. The van der Waals surface area contributed by atoms with Crippen molar-refractivity contribution < 1.29 is 13.2 Å². The Kier molecular flexibility index (Phi) is 4.47. The summed E-state index contributed by atoms with van der Waals surface area (Å²) in [7, 11) is 0. The van der Waals surface area contributed by atoms with Gasteiger partial charge in [-0.2, -0.15) is 8.78 Å². The van der Waals surface area contributed by atoms with Gasteiger partial charge in [0.25, 0.3) is 5.89 Å². The van der Waals surface area contributed by atoms with Crippen molar-refractivity contribution in [2.45, 2.75) is 13.0 Å². The molecule has 0 aliphatic carbocycles. The standard InChI is InChI=1S/C19H12ClF2N7O/c20-19-23-13-6-5-12(7-14(13)24-19)15-9-29(28-25-15)8-10-1-3-11(4-2-10)17-26-27-18(30-17)16(21)22/h1-7,9,16H,8H2,(H,23,24). The number of rotatable bonds is 5. The number of benzene rings is 2. The molecular formula is C19H12ClF2N7O. The van der Waals surface area contributed by atoms with Crippen LogP contribution < -0.4 is 0 Å². The van der Waals surface area contributed by atoms with E-state index in [4.69, 9.17) is 16.0 Å². The number of nitrogens with zero attached hydrogens (tertiary/aromatic N) is 6. The third-order valence-electron chi connectivity index (χ3n) is 4.46. The van der Waals surface area contributed by atoms with Crippen molar-refractivity contribution in [3.63, 3.8) is 0 Å². The van der Waals surface area contributed by atoms with E-state index in [9.17, 15) is 8.78 Å². The largest absolute Gasteiger partial charge is 0.415 e. The van der Waals surface area contributed by atoms with E-state index in [1.54, 1.807) is 16.8 Å². The SMILES string of the molecule is FC(F)c1nnc(-c2ccc(Cn3cc(-c4ccc5nc(Cl)[nH]c5c4)nn3)cc2)o1. The number of imidazole rings is 1. The number of hydrogen-bond donors (Lipinski definition) is 1. The number of H-pyrrole nitrogens is 1. The fourth-order valence-electron chi connectivity index (χ4n) is 3.02. The van der Waals surface area contributed by atoms with E-state index in [-0.39, 0.29) is 5.89 Å². The van der Waals surface area contributed by atoms with Gasteiger partial charge in [-0.1, -0.05) is 23.4 Å². The van der Waals surface area contributed by atoms with Gasteiger partial charge in [0.1, 0.15) is 5.69 Å². The van der Waals surface area contributed by atoms with Crippen LogP contribution in [0.3, 0.4) is 0 Å². The lowest BCUT2D eigenvalue weighted by Gasteiger charge is -2.02. The minimum Gasteiger partial charge on any atom is -0.415 e. The molecule has 0 spiro atoms. The Hall–Kier alpha value is -3.66. The number of halogens is 3. The quantitative estimate of drug-likeness (QED) is 0.443. The summed E-state index contributed by atoms with van der Waals surface area (Å²) >= 11 is 5.90. The molecule has 0 fully saturated rings. The highest BCUT2D eigenvalue weighted by Gasteiger charge is 2.17. The zero-order valence-corrected chi connectivity index (χ0v) is 15.9. The fraction of sp³-hybridized carbons (Fsp3) is 0.105. The Labute approximate surface area is 172 Å². The number of aromatic nitrogens is 7. The van der Waals surface area contributed by atoms with Gasteiger partial charge in [0.05, 0.1) is 23.8 Å². The van der Waals surface area contributed by atoms with Crippen molar-refractivity contribution in [1.29, 1.82) is 0 Å². The summed E-state index contributed by atoms with van der Waals surface area (Å²) in [6.45, 7) is 0.484. The molecule has 5 rings (SSSR count). The number of aromatic amines is 1. The first kappa shape index (κ1) is 18.4. The molecule has 0 unspecified atom stereocenters. The molecule has 0 atom stereocenters. The highest BCUT2D eigenvalue weighted by Crippen LogP contribution is 2.25. The van der Waals surface area contributed by atoms with E-state index in [1.807, 2.05) is 36.5 Å². The molecular weight excluding hydrogens is 416 g/mol. The molecule has 30 heavy (non-hydrogen) atoms. The van der Waals surface area contributed by atoms with Crippen LogP contribution in [0.5, 0.6) is 0 Å². The van der Waals surface area contributed by atoms with Gasteiger partial charge in [0, 0.05) is 11.1 Å². The first-order valence-electron chi connectivity index (χ1n) is 8.82. The Balaban J connectivity index is 1.33. The van der Waals surface area contributed by atoms with Gasteiger partial charge in [-0.05, 0) is 41.4 Å². The molecule has 0 amide bonds. The third-order valence-corrected chi connectivity index (χ3v) is 4.64. The van der Waals surface area contributed by atoms with Crippen LogP contribution in [0, 0.1) is 0 Å².